The maximum absolute atomic E-state index is 15.5. The first-order chi connectivity index (χ1) is 20.3. The first-order valence-electron chi connectivity index (χ1n) is 13.1. The van der Waals surface area contributed by atoms with Crippen LogP contribution in [0.5, 0.6) is 11.5 Å². The quantitative estimate of drug-likeness (QED) is 0.197. The molecule has 14 heteroatoms. The first kappa shape index (κ1) is 30.8. The van der Waals surface area contributed by atoms with Crippen molar-refractivity contribution in [2.24, 2.45) is 0 Å². The highest BCUT2D eigenvalue weighted by atomic mass is 35.5. The molecule has 226 valence electrons. The zero-order valence-corrected chi connectivity index (χ0v) is 25.8. The van der Waals surface area contributed by atoms with Gasteiger partial charge in [0.15, 0.2) is 17.4 Å². The summed E-state index contributed by atoms with van der Waals surface area (Å²) in [6.45, 7) is 7.26. The van der Waals surface area contributed by atoms with Crippen LogP contribution in [-0.4, -0.2) is 48.1 Å². The van der Waals surface area contributed by atoms with Gasteiger partial charge in [-0.05, 0) is 76.2 Å². The van der Waals surface area contributed by atoms with Gasteiger partial charge in [-0.15, -0.1) is 15.6 Å². The highest BCUT2D eigenvalue weighted by Crippen LogP contribution is 2.38. The average Bonchev–Trinajstić information content (AvgIpc) is 3.42. The molecule has 1 aliphatic heterocycles. The number of pyridine rings is 1. The summed E-state index contributed by atoms with van der Waals surface area (Å²) in [7, 11) is -5.00. The van der Waals surface area contributed by atoms with Crippen LogP contribution in [0.2, 0.25) is 5.02 Å². The van der Waals surface area contributed by atoms with Gasteiger partial charge in [-0.25, -0.2) is 27.0 Å². The van der Waals surface area contributed by atoms with Crippen LogP contribution < -0.4 is 9.04 Å². The number of amides is 1. The maximum Gasteiger partial charge on any atom is 0.430 e. The van der Waals surface area contributed by atoms with Crippen molar-refractivity contribution in [3.63, 3.8) is 0 Å². The minimum atomic E-state index is -5.00. The molecule has 0 spiro atoms. The summed E-state index contributed by atoms with van der Waals surface area (Å²) in [5.74, 6) is -3.28. The van der Waals surface area contributed by atoms with E-state index in [-0.39, 0.29) is 15.9 Å². The van der Waals surface area contributed by atoms with E-state index in [9.17, 15) is 13.2 Å². The van der Waals surface area contributed by atoms with Gasteiger partial charge in [-0.3, -0.25) is 9.88 Å². The lowest BCUT2D eigenvalue weighted by molar-refractivity contribution is 0.0608. The van der Waals surface area contributed by atoms with Crippen LogP contribution >= 0.6 is 22.9 Å². The van der Waals surface area contributed by atoms with E-state index in [0.717, 1.165) is 36.5 Å². The zero-order chi connectivity index (χ0) is 30.9. The monoisotopic (exact) mass is 648 g/mol. The number of likely N-dealkylation sites (tertiary alicyclic amines) is 1. The minimum absolute atomic E-state index is 0.150. The SMILES string of the molecule is CC(C)(C)OC(=O)N(c1cscn1)S(=O)(=O)c1cc(F)c(Oc2ccc(Cl)cc2-c2ccnc(CN3CCC3)c2)cc1F. The predicted octanol–water partition coefficient (Wildman–Crippen LogP) is 7.27. The van der Waals surface area contributed by atoms with Crippen molar-refractivity contribution in [1.29, 1.82) is 0 Å². The van der Waals surface area contributed by atoms with Crippen molar-refractivity contribution >= 4 is 44.9 Å². The second-order valence-electron chi connectivity index (χ2n) is 10.7. The number of sulfonamides is 1. The number of hydrogen-bond acceptors (Lipinski definition) is 9. The molecule has 43 heavy (non-hydrogen) atoms. The topological polar surface area (TPSA) is 102 Å². The molecule has 3 heterocycles. The van der Waals surface area contributed by atoms with Crippen LogP contribution in [0.1, 0.15) is 32.9 Å². The third-order valence-electron chi connectivity index (χ3n) is 6.31. The Morgan fingerprint density at radius 1 is 1.07 bits per heavy atom. The van der Waals surface area contributed by atoms with Crippen LogP contribution in [0.25, 0.3) is 11.1 Å². The van der Waals surface area contributed by atoms with Crippen LogP contribution in [0.3, 0.4) is 0 Å². The third-order valence-corrected chi connectivity index (χ3v) is 8.81. The summed E-state index contributed by atoms with van der Waals surface area (Å²) in [4.78, 5) is 22.3. The summed E-state index contributed by atoms with van der Waals surface area (Å²) >= 11 is 7.27. The summed E-state index contributed by atoms with van der Waals surface area (Å²) in [5, 5.41) is 1.66. The molecule has 5 rings (SSSR count). The van der Waals surface area contributed by atoms with E-state index in [0.29, 0.717) is 34.8 Å². The Morgan fingerprint density at radius 2 is 1.84 bits per heavy atom. The van der Waals surface area contributed by atoms with Crippen molar-refractivity contribution in [1.82, 2.24) is 14.9 Å². The number of halogens is 3. The minimum Gasteiger partial charge on any atom is -0.454 e. The number of aromatic nitrogens is 2. The molecule has 0 saturated carbocycles. The second-order valence-corrected chi connectivity index (χ2v) is 13.6. The van der Waals surface area contributed by atoms with Crippen LogP contribution in [0, 0.1) is 11.6 Å². The Labute approximate surface area is 256 Å². The molecule has 2 aromatic carbocycles. The van der Waals surface area contributed by atoms with E-state index >= 15 is 8.78 Å². The van der Waals surface area contributed by atoms with Crippen molar-refractivity contribution in [3.8, 4) is 22.6 Å². The number of carbonyl (C=O) groups is 1. The van der Waals surface area contributed by atoms with Crippen LogP contribution in [0.15, 0.2) is 64.4 Å². The van der Waals surface area contributed by atoms with E-state index < -0.39 is 44.0 Å². The van der Waals surface area contributed by atoms with Crippen molar-refractivity contribution in [3.05, 3.63) is 81.9 Å². The van der Waals surface area contributed by atoms with Gasteiger partial charge < -0.3 is 9.47 Å². The highest BCUT2D eigenvalue weighted by molar-refractivity contribution is 7.93. The molecule has 1 amide bonds. The molecule has 0 radical (unpaired) electrons. The molecule has 0 bridgehead atoms. The van der Waals surface area contributed by atoms with Gasteiger partial charge in [0.1, 0.15) is 22.1 Å². The number of anilines is 1. The molecule has 0 atom stereocenters. The molecule has 0 N–H and O–H groups in total. The molecule has 2 aromatic heterocycles. The fraction of sp³-hybridized carbons (Fsp3) is 0.276. The number of thiazole rings is 1. The second kappa shape index (κ2) is 12.2. The number of benzene rings is 2. The lowest BCUT2D eigenvalue weighted by atomic mass is 10.0. The Kier molecular flexibility index (Phi) is 8.70. The fourth-order valence-corrected chi connectivity index (χ4v) is 6.34. The smallest absolute Gasteiger partial charge is 0.430 e. The Bertz CT molecular complexity index is 1760. The number of ether oxygens (including phenoxy) is 2. The average molecular weight is 649 g/mol. The van der Waals surface area contributed by atoms with Crippen LogP contribution in [-0.2, 0) is 21.3 Å². The molecular weight excluding hydrogens is 622 g/mol. The van der Waals surface area contributed by atoms with Crippen LogP contribution in [0.4, 0.5) is 19.4 Å². The van der Waals surface area contributed by atoms with Gasteiger partial charge in [0.05, 0.1) is 11.2 Å². The summed E-state index contributed by atoms with van der Waals surface area (Å²) in [6.07, 6.45) is 1.46. The van der Waals surface area contributed by atoms with Gasteiger partial charge in [-0.1, -0.05) is 11.6 Å². The number of hydrogen-bond donors (Lipinski definition) is 0. The van der Waals surface area contributed by atoms with E-state index in [1.165, 1.54) is 43.8 Å². The fourth-order valence-electron chi connectivity index (χ4n) is 4.25. The molecule has 0 unspecified atom stereocenters. The summed E-state index contributed by atoms with van der Waals surface area (Å²) in [6, 6.07) is 9.33. The molecule has 1 aliphatic rings. The number of rotatable bonds is 8. The predicted molar refractivity (Wildman–Crippen MR) is 159 cm³/mol. The molecule has 4 aromatic rings. The van der Waals surface area contributed by atoms with E-state index in [1.54, 1.807) is 18.3 Å². The van der Waals surface area contributed by atoms with Gasteiger partial charge in [0.2, 0.25) is 0 Å². The van der Waals surface area contributed by atoms with Gasteiger partial charge in [0, 0.05) is 40.8 Å². The van der Waals surface area contributed by atoms with Crippen molar-refractivity contribution in [2.75, 3.05) is 17.4 Å². The Hall–Kier alpha value is -3.65. The van der Waals surface area contributed by atoms with Gasteiger partial charge in [-0.2, -0.15) is 0 Å². The standard InChI is InChI=1S/C29H27ClF2N4O5S2/c1-29(2,3)41-28(37)36(27-16-42-17-34-27)43(38,39)26-14-22(31)25(13-23(26)32)40-24-6-5-19(30)12-21(24)18-7-8-33-20(11-18)15-35-9-4-10-35/h5-8,11-14,16-17H,4,9-10,15H2,1-3H3. The zero-order valence-electron chi connectivity index (χ0n) is 23.4. The molecule has 1 fully saturated rings. The number of nitrogens with zero attached hydrogens (tertiary/aromatic N) is 4. The van der Waals surface area contributed by atoms with Crippen molar-refractivity contribution in [2.45, 2.75) is 44.2 Å². The third kappa shape index (κ3) is 6.96. The lowest BCUT2D eigenvalue weighted by Gasteiger charge is -2.30. The van der Waals surface area contributed by atoms with Gasteiger partial charge in [0.25, 0.3) is 10.0 Å². The summed E-state index contributed by atoms with van der Waals surface area (Å²) < 4.78 is 69.2. The maximum atomic E-state index is 15.5. The molecular formula is C29H27ClF2N4O5S2. The largest absolute Gasteiger partial charge is 0.454 e. The number of carbonyl (C=O) groups excluding carboxylic acids is 1. The Morgan fingerprint density at radius 3 is 2.49 bits per heavy atom. The molecule has 1 saturated heterocycles. The molecule has 0 aliphatic carbocycles. The van der Waals surface area contributed by atoms with E-state index in [2.05, 4.69) is 14.9 Å². The molecule has 9 nitrogen and oxygen atoms in total. The van der Waals surface area contributed by atoms with E-state index in [4.69, 9.17) is 21.1 Å². The normalized spacial score (nSPS) is 13.8. The summed E-state index contributed by atoms with van der Waals surface area (Å²) in [5.41, 5.74) is 2.22. The van der Waals surface area contributed by atoms with Crippen molar-refractivity contribution < 1.29 is 31.5 Å². The Balaban J connectivity index is 1.48. The lowest BCUT2D eigenvalue weighted by Crippen LogP contribution is -2.41. The highest BCUT2D eigenvalue weighted by Gasteiger charge is 2.38. The van der Waals surface area contributed by atoms with E-state index in [1.807, 2.05) is 6.07 Å². The van der Waals surface area contributed by atoms with Gasteiger partial charge >= 0.3 is 6.09 Å². The first-order valence-corrected chi connectivity index (χ1v) is 15.9.